The van der Waals surface area contributed by atoms with Crippen LogP contribution in [-0.2, 0) is 15.2 Å². The van der Waals surface area contributed by atoms with Crippen molar-refractivity contribution < 1.29 is 14.4 Å². The molecule has 0 spiro atoms. The van der Waals surface area contributed by atoms with E-state index in [0.29, 0.717) is 5.69 Å². The van der Waals surface area contributed by atoms with Crippen molar-refractivity contribution in [3.8, 4) is 0 Å². The maximum atomic E-state index is 11.7. The molecule has 19 heavy (non-hydrogen) atoms. The SMILES string of the molecule is CC(C)(C)OC(=O)Nc1cccc(C(C)(C)ON)c1. The van der Waals surface area contributed by atoms with Crippen LogP contribution in [0, 0.1) is 0 Å². The summed E-state index contributed by atoms with van der Waals surface area (Å²) in [7, 11) is 0. The van der Waals surface area contributed by atoms with Gasteiger partial charge in [-0.25, -0.2) is 10.7 Å². The van der Waals surface area contributed by atoms with Gasteiger partial charge in [0.25, 0.3) is 0 Å². The molecule has 106 valence electrons. The summed E-state index contributed by atoms with van der Waals surface area (Å²) in [6, 6.07) is 7.28. The number of hydrogen-bond acceptors (Lipinski definition) is 4. The molecule has 1 aromatic rings. The van der Waals surface area contributed by atoms with Gasteiger partial charge in [0.2, 0.25) is 0 Å². The summed E-state index contributed by atoms with van der Waals surface area (Å²) in [4.78, 5) is 16.6. The average molecular weight is 266 g/mol. The van der Waals surface area contributed by atoms with Crippen LogP contribution in [0.5, 0.6) is 0 Å². The van der Waals surface area contributed by atoms with Gasteiger partial charge in [0.15, 0.2) is 0 Å². The minimum absolute atomic E-state index is 0.490. The van der Waals surface area contributed by atoms with Gasteiger partial charge in [-0.3, -0.25) is 10.2 Å². The Balaban J connectivity index is 2.81. The van der Waals surface area contributed by atoms with Gasteiger partial charge in [-0.2, -0.15) is 0 Å². The number of nitrogens with two attached hydrogens (primary N) is 1. The van der Waals surface area contributed by atoms with Gasteiger partial charge in [-0.05, 0) is 52.3 Å². The fraction of sp³-hybridized carbons (Fsp3) is 0.500. The van der Waals surface area contributed by atoms with Crippen molar-refractivity contribution in [1.29, 1.82) is 0 Å². The van der Waals surface area contributed by atoms with Crippen LogP contribution in [0.2, 0.25) is 0 Å². The third-order valence-electron chi connectivity index (χ3n) is 2.50. The number of anilines is 1. The molecule has 0 unspecified atom stereocenters. The zero-order valence-electron chi connectivity index (χ0n) is 12.1. The lowest BCUT2D eigenvalue weighted by Gasteiger charge is -2.23. The summed E-state index contributed by atoms with van der Waals surface area (Å²) < 4.78 is 5.19. The van der Waals surface area contributed by atoms with Crippen molar-refractivity contribution in [2.24, 2.45) is 5.90 Å². The molecule has 3 N–H and O–H groups in total. The molecule has 0 heterocycles. The highest BCUT2D eigenvalue weighted by Crippen LogP contribution is 2.25. The molecule has 0 aliphatic carbocycles. The Morgan fingerprint density at radius 1 is 1.21 bits per heavy atom. The number of rotatable bonds is 3. The lowest BCUT2D eigenvalue weighted by Crippen LogP contribution is -2.28. The molecule has 1 aromatic carbocycles. The highest BCUT2D eigenvalue weighted by atomic mass is 16.6. The van der Waals surface area contributed by atoms with Gasteiger partial charge < -0.3 is 4.74 Å². The molecule has 0 radical (unpaired) electrons. The molecule has 0 fully saturated rings. The summed E-state index contributed by atoms with van der Waals surface area (Å²) in [5, 5.41) is 2.68. The number of carbonyl (C=O) groups excluding carboxylic acids is 1. The molecule has 1 rings (SSSR count). The normalized spacial score (nSPS) is 12.1. The van der Waals surface area contributed by atoms with Gasteiger partial charge >= 0.3 is 6.09 Å². The third kappa shape index (κ3) is 4.89. The van der Waals surface area contributed by atoms with E-state index >= 15 is 0 Å². The number of ether oxygens (including phenoxy) is 1. The van der Waals surface area contributed by atoms with E-state index in [-0.39, 0.29) is 0 Å². The second-order valence-corrected chi connectivity index (χ2v) is 5.84. The number of hydrogen-bond donors (Lipinski definition) is 2. The highest BCUT2D eigenvalue weighted by molar-refractivity contribution is 5.84. The van der Waals surface area contributed by atoms with Crippen LogP contribution in [-0.4, -0.2) is 11.7 Å². The van der Waals surface area contributed by atoms with Gasteiger partial charge in [0.1, 0.15) is 11.2 Å². The van der Waals surface area contributed by atoms with E-state index in [4.69, 9.17) is 15.5 Å². The van der Waals surface area contributed by atoms with E-state index in [1.165, 1.54) is 0 Å². The average Bonchev–Trinajstić information content (AvgIpc) is 2.26. The first-order valence-corrected chi connectivity index (χ1v) is 6.12. The van der Waals surface area contributed by atoms with Crippen LogP contribution in [0.3, 0.4) is 0 Å². The Bertz CT molecular complexity index is 450. The summed E-state index contributed by atoms with van der Waals surface area (Å²) in [6.45, 7) is 9.14. The van der Waals surface area contributed by atoms with E-state index < -0.39 is 17.3 Å². The van der Waals surface area contributed by atoms with E-state index in [1.807, 2.05) is 46.8 Å². The minimum Gasteiger partial charge on any atom is -0.444 e. The van der Waals surface area contributed by atoms with Gasteiger partial charge in [0, 0.05) is 5.69 Å². The van der Waals surface area contributed by atoms with Crippen LogP contribution in [0.25, 0.3) is 0 Å². The maximum absolute atomic E-state index is 11.7. The predicted octanol–water partition coefficient (Wildman–Crippen LogP) is 3.16. The van der Waals surface area contributed by atoms with Crippen LogP contribution < -0.4 is 11.2 Å². The first kappa shape index (κ1) is 15.5. The first-order valence-electron chi connectivity index (χ1n) is 6.12. The fourth-order valence-corrected chi connectivity index (χ4v) is 1.46. The largest absolute Gasteiger partial charge is 0.444 e. The highest BCUT2D eigenvalue weighted by Gasteiger charge is 2.21. The number of nitrogens with one attached hydrogen (secondary N) is 1. The Hall–Kier alpha value is -1.59. The van der Waals surface area contributed by atoms with Crippen molar-refractivity contribution in [3.63, 3.8) is 0 Å². The molecular weight excluding hydrogens is 244 g/mol. The molecule has 1 amide bonds. The fourth-order valence-electron chi connectivity index (χ4n) is 1.46. The lowest BCUT2D eigenvalue weighted by atomic mass is 9.98. The second kappa shape index (κ2) is 5.59. The molecule has 0 bridgehead atoms. The molecular formula is C14H22N2O3. The summed E-state index contributed by atoms with van der Waals surface area (Å²) in [5.74, 6) is 5.26. The smallest absolute Gasteiger partial charge is 0.412 e. The van der Waals surface area contributed by atoms with E-state index in [9.17, 15) is 4.79 Å². The predicted molar refractivity (Wildman–Crippen MR) is 74.6 cm³/mol. The third-order valence-corrected chi connectivity index (χ3v) is 2.50. The Morgan fingerprint density at radius 3 is 2.37 bits per heavy atom. The molecule has 5 nitrogen and oxygen atoms in total. The molecule has 0 saturated carbocycles. The van der Waals surface area contributed by atoms with E-state index in [2.05, 4.69) is 5.32 Å². The van der Waals surface area contributed by atoms with Gasteiger partial charge in [-0.1, -0.05) is 12.1 Å². The summed E-state index contributed by atoms with van der Waals surface area (Å²) in [6.07, 6.45) is -0.490. The van der Waals surface area contributed by atoms with E-state index in [0.717, 1.165) is 5.56 Å². The minimum atomic E-state index is -0.619. The van der Waals surface area contributed by atoms with Crippen molar-refractivity contribution in [2.45, 2.75) is 45.8 Å². The number of carbonyl (C=O) groups is 1. The van der Waals surface area contributed by atoms with Crippen LogP contribution in [0.4, 0.5) is 10.5 Å². The van der Waals surface area contributed by atoms with E-state index in [1.54, 1.807) is 12.1 Å². The molecule has 0 aliphatic heterocycles. The van der Waals surface area contributed by atoms with Crippen molar-refractivity contribution >= 4 is 11.8 Å². The van der Waals surface area contributed by atoms with Gasteiger partial charge in [-0.15, -0.1) is 0 Å². The zero-order chi connectivity index (χ0) is 14.7. The lowest BCUT2D eigenvalue weighted by molar-refractivity contribution is -0.0235. The van der Waals surface area contributed by atoms with Crippen LogP contribution >= 0.6 is 0 Å². The summed E-state index contributed by atoms with van der Waals surface area (Å²) in [5.41, 5.74) is 0.355. The molecule has 0 aromatic heterocycles. The number of benzene rings is 1. The van der Waals surface area contributed by atoms with Crippen LogP contribution in [0.15, 0.2) is 24.3 Å². The van der Waals surface area contributed by atoms with Gasteiger partial charge in [0.05, 0.1) is 0 Å². The molecule has 5 heteroatoms. The maximum Gasteiger partial charge on any atom is 0.412 e. The summed E-state index contributed by atoms with van der Waals surface area (Å²) >= 11 is 0. The quantitative estimate of drug-likeness (QED) is 0.824. The molecule has 0 saturated heterocycles. The Labute approximate surface area is 114 Å². The molecule has 0 aliphatic rings. The van der Waals surface area contributed by atoms with Crippen LogP contribution in [0.1, 0.15) is 40.2 Å². The Kier molecular flexibility index (Phi) is 4.55. The van der Waals surface area contributed by atoms with Crippen molar-refractivity contribution in [1.82, 2.24) is 0 Å². The van der Waals surface area contributed by atoms with Crippen molar-refractivity contribution in [2.75, 3.05) is 5.32 Å². The monoisotopic (exact) mass is 266 g/mol. The molecule has 0 atom stereocenters. The first-order chi connectivity index (χ1) is 8.64. The second-order valence-electron chi connectivity index (χ2n) is 5.84. The zero-order valence-corrected chi connectivity index (χ0v) is 12.1. The topological polar surface area (TPSA) is 73.6 Å². The Morgan fingerprint density at radius 2 is 1.84 bits per heavy atom. The number of amides is 1. The van der Waals surface area contributed by atoms with Crippen molar-refractivity contribution in [3.05, 3.63) is 29.8 Å². The standard InChI is InChI=1S/C14H22N2O3/c1-13(2,3)18-12(17)16-11-8-6-7-10(9-11)14(4,5)19-15/h6-9H,15H2,1-5H3,(H,16,17).